The van der Waals surface area contributed by atoms with Gasteiger partial charge in [0.05, 0.1) is 12.3 Å². The minimum Gasteiger partial charge on any atom is -0.489 e. The van der Waals surface area contributed by atoms with Crippen LogP contribution in [0.4, 0.5) is 4.39 Å². The van der Waals surface area contributed by atoms with Gasteiger partial charge < -0.3 is 14.5 Å². The molecule has 8 nitrogen and oxygen atoms in total. The van der Waals surface area contributed by atoms with Crippen LogP contribution in [0.2, 0.25) is 0 Å². The van der Waals surface area contributed by atoms with Crippen molar-refractivity contribution in [3.63, 3.8) is 0 Å². The first kappa shape index (κ1) is 30.5. The summed E-state index contributed by atoms with van der Waals surface area (Å²) in [6.45, 7) is 4.27. The van der Waals surface area contributed by atoms with Crippen LogP contribution in [0.25, 0.3) is 0 Å². The summed E-state index contributed by atoms with van der Waals surface area (Å²) in [5.41, 5.74) is 2.40. The molecule has 2 amide bonds. The van der Waals surface area contributed by atoms with Crippen LogP contribution >= 0.6 is 0 Å². The van der Waals surface area contributed by atoms with Gasteiger partial charge in [-0.05, 0) is 77.9 Å². The van der Waals surface area contributed by atoms with Gasteiger partial charge in [0, 0.05) is 12.0 Å². The van der Waals surface area contributed by atoms with E-state index < -0.39 is 15.9 Å². The summed E-state index contributed by atoms with van der Waals surface area (Å²) in [6, 6.07) is 22.8. The lowest BCUT2D eigenvalue weighted by atomic mass is 9.95. The van der Waals surface area contributed by atoms with Gasteiger partial charge in [-0.2, -0.15) is 8.42 Å². The summed E-state index contributed by atoms with van der Waals surface area (Å²) in [5, 5.41) is 2.71. The predicted molar refractivity (Wildman–Crippen MR) is 156 cm³/mol. The number of carbonyl (C=O) groups excluding carboxylic acids is 2. The fraction of sp³-hybridized carbons (Fsp3) is 0.250. The second kappa shape index (κ2) is 14.0. The topological polar surface area (TPSA) is 115 Å². The Morgan fingerprint density at radius 2 is 1.69 bits per heavy atom. The maximum absolute atomic E-state index is 13.7. The van der Waals surface area contributed by atoms with E-state index in [4.69, 9.17) is 9.15 Å². The number of halogens is 1. The number of para-hydroxylation sites is 1. The third-order valence-electron chi connectivity index (χ3n) is 6.48. The Morgan fingerprint density at radius 3 is 2.36 bits per heavy atom. The Labute approximate surface area is 245 Å². The highest BCUT2D eigenvalue weighted by atomic mass is 32.2. The average Bonchev–Trinajstić information content (AvgIpc) is 3.52. The predicted octanol–water partition coefficient (Wildman–Crippen LogP) is 5.95. The van der Waals surface area contributed by atoms with E-state index in [0.29, 0.717) is 23.3 Å². The Balaban J connectivity index is 1.55. The fourth-order valence-corrected chi connectivity index (χ4v) is 5.37. The highest BCUT2D eigenvalue weighted by molar-refractivity contribution is 7.89. The molecule has 1 aromatic heterocycles. The van der Waals surface area contributed by atoms with Crippen LogP contribution in [0, 0.1) is 11.7 Å². The summed E-state index contributed by atoms with van der Waals surface area (Å²) in [6.07, 6.45) is 1.74. The molecule has 4 aromatic rings. The maximum Gasteiger partial charge on any atom is 0.297 e. The molecule has 1 unspecified atom stereocenters. The van der Waals surface area contributed by atoms with Crippen LogP contribution in [0.3, 0.4) is 0 Å². The first-order valence-corrected chi connectivity index (χ1v) is 15.0. The molecule has 0 radical (unpaired) electrons. The molecule has 220 valence electrons. The van der Waals surface area contributed by atoms with Crippen molar-refractivity contribution in [1.82, 2.24) is 10.0 Å². The van der Waals surface area contributed by atoms with Crippen molar-refractivity contribution >= 4 is 21.8 Å². The van der Waals surface area contributed by atoms with E-state index in [9.17, 15) is 22.4 Å². The number of benzene rings is 3. The second-order valence-corrected chi connectivity index (χ2v) is 11.9. The van der Waals surface area contributed by atoms with Gasteiger partial charge in [-0.3, -0.25) is 9.59 Å². The largest absolute Gasteiger partial charge is 0.489 e. The van der Waals surface area contributed by atoms with E-state index >= 15 is 0 Å². The molecule has 0 aliphatic carbocycles. The van der Waals surface area contributed by atoms with Gasteiger partial charge >= 0.3 is 0 Å². The van der Waals surface area contributed by atoms with Gasteiger partial charge in [0.25, 0.3) is 15.9 Å². The number of amides is 2. The molecule has 0 spiro atoms. The van der Waals surface area contributed by atoms with Crippen LogP contribution in [0.15, 0.2) is 101 Å². The molecule has 4 rings (SSSR count). The molecule has 42 heavy (non-hydrogen) atoms. The van der Waals surface area contributed by atoms with Gasteiger partial charge in [0.15, 0.2) is 0 Å². The first-order valence-electron chi connectivity index (χ1n) is 13.6. The zero-order valence-corrected chi connectivity index (χ0v) is 24.2. The van der Waals surface area contributed by atoms with Crippen LogP contribution in [-0.2, 0) is 27.8 Å². The second-order valence-electron chi connectivity index (χ2n) is 10.3. The highest BCUT2D eigenvalue weighted by Crippen LogP contribution is 2.24. The summed E-state index contributed by atoms with van der Waals surface area (Å²) < 4.78 is 51.1. The molecule has 2 N–H and O–H groups in total. The number of furan rings is 1. The lowest BCUT2D eigenvalue weighted by Crippen LogP contribution is -2.31. The van der Waals surface area contributed by atoms with E-state index in [2.05, 4.69) is 5.32 Å². The van der Waals surface area contributed by atoms with E-state index in [1.54, 1.807) is 30.3 Å². The smallest absolute Gasteiger partial charge is 0.297 e. The normalized spacial score (nSPS) is 12.1. The Hall–Kier alpha value is -4.44. The minimum atomic E-state index is -4.14. The Morgan fingerprint density at radius 1 is 0.952 bits per heavy atom. The van der Waals surface area contributed by atoms with Crippen molar-refractivity contribution in [2.75, 3.05) is 0 Å². The van der Waals surface area contributed by atoms with Gasteiger partial charge in [0.1, 0.15) is 18.2 Å². The first-order chi connectivity index (χ1) is 20.1. The summed E-state index contributed by atoms with van der Waals surface area (Å²) >= 11 is 0. The molecular weight excluding hydrogens is 559 g/mol. The van der Waals surface area contributed by atoms with Crippen LogP contribution < -0.4 is 14.8 Å². The van der Waals surface area contributed by atoms with Crippen molar-refractivity contribution in [1.29, 1.82) is 0 Å². The Kier molecular flexibility index (Phi) is 10.1. The summed E-state index contributed by atoms with van der Waals surface area (Å²) in [5.74, 6) is -0.557. The van der Waals surface area contributed by atoms with Crippen molar-refractivity contribution in [3.8, 4) is 5.75 Å². The number of aryl methyl sites for hydroxylation is 1. The molecule has 0 bridgehead atoms. The van der Waals surface area contributed by atoms with Crippen molar-refractivity contribution in [2.24, 2.45) is 5.92 Å². The van der Waals surface area contributed by atoms with Gasteiger partial charge in [-0.1, -0.05) is 56.3 Å². The zero-order chi connectivity index (χ0) is 30.1. The highest BCUT2D eigenvalue weighted by Gasteiger charge is 2.23. The quantitative estimate of drug-likeness (QED) is 0.198. The molecule has 10 heteroatoms. The van der Waals surface area contributed by atoms with E-state index in [-0.39, 0.29) is 48.2 Å². The fourth-order valence-electron chi connectivity index (χ4n) is 4.42. The molecule has 0 aliphatic heterocycles. The summed E-state index contributed by atoms with van der Waals surface area (Å²) in [4.78, 5) is 26.3. The molecule has 0 saturated carbocycles. The van der Waals surface area contributed by atoms with Crippen LogP contribution in [0.5, 0.6) is 5.75 Å². The molecule has 0 fully saturated rings. The lowest BCUT2D eigenvalue weighted by molar-refractivity contribution is -0.119. The average molecular weight is 593 g/mol. The monoisotopic (exact) mass is 592 g/mol. The number of sulfonamides is 1. The SMILES string of the molecule is CC(C)CC(NC(=O)c1cc(COc2ccccc2)ccc1CCC(=O)NS(=O)(=O)c1ccco1)c1ccc(F)cc1. The molecular formula is C32H33FN2O6S. The summed E-state index contributed by atoms with van der Waals surface area (Å²) in [7, 11) is -4.14. The van der Waals surface area contributed by atoms with Crippen molar-refractivity contribution in [2.45, 2.75) is 50.9 Å². The number of hydrogen-bond donors (Lipinski definition) is 2. The number of carbonyl (C=O) groups is 2. The number of hydrogen-bond acceptors (Lipinski definition) is 6. The third kappa shape index (κ3) is 8.53. The molecule has 3 aromatic carbocycles. The van der Waals surface area contributed by atoms with E-state index in [1.165, 1.54) is 30.5 Å². The third-order valence-corrected chi connectivity index (χ3v) is 7.74. The van der Waals surface area contributed by atoms with E-state index in [0.717, 1.165) is 11.1 Å². The van der Waals surface area contributed by atoms with Crippen molar-refractivity contribution < 1.29 is 31.6 Å². The zero-order valence-electron chi connectivity index (χ0n) is 23.4. The van der Waals surface area contributed by atoms with Crippen molar-refractivity contribution in [3.05, 3.63) is 119 Å². The van der Waals surface area contributed by atoms with Gasteiger partial charge in [0.2, 0.25) is 11.0 Å². The molecule has 1 heterocycles. The number of ether oxygens (including phenoxy) is 1. The van der Waals surface area contributed by atoms with E-state index in [1.807, 2.05) is 48.9 Å². The number of rotatable bonds is 13. The molecule has 0 aliphatic rings. The van der Waals surface area contributed by atoms with Gasteiger partial charge in [-0.15, -0.1) is 0 Å². The Bertz CT molecular complexity index is 1590. The van der Waals surface area contributed by atoms with Crippen LogP contribution in [0.1, 0.15) is 59.8 Å². The van der Waals surface area contributed by atoms with Crippen LogP contribution in [-0.4, -0.2) is 20.2 Å². The molecule has 1 atom stereocenters. The minimum absolute atomic E-state index is 0.105. The maximum atomic E-state index is 13.7. The van der Waals surface area contributed by atoms with Gasteiger partial charge in [-0.25, -0.2) is 9.11 Å². The number of nitrogens with one attached hydrogen (secondary N) is 2. The lowest BCUT2D eigenvalue weighted by Gasteiger charge is -2.22. The standard InChI is InChI=1S/C32H33FN2O6S/c1-22(2)19-29(25-12-15-26(33)16-13-25)34-32(37)28-20-23(21-41-27-7-4-3-5-8-27)10-11-24(28)14-17-30(36)35-42(38,39)31-9-6-18-40-31/h3-13,15-16,18,20,22,29H,14,17,19,21H2,1-2H3,(H,34,37)(H,35,36). The molecule has 0 saturated heterocycles.